The number of hydrogen-bond donors (Lipinski definition) is 3. The predicted molar refractivity (Wildman–Crippen MR) is 100.0 cm³/mol. The van der Waals surface area contributed by atoms with Crippen molar-refractivity contribution in [1.29, 1.82) is 0 Å². The first-order chi connectivity index (χ1) is 13.0. The van der Waals surface area contributed by atoms with Crippen LogP contribution < -0.4 is 11.1 Å². The predicted octanol–water partition coefficient (Wildman–Crippen LogP) is 0.881. The van der Waals surface area contributed by atoms with Gasteiger partial charge >= 0.3 is 11.9 Å². The number of esters is 1. The largest absolute Gasteiger partial charge is 0.480 e. The average molecular weight is 383 g/mol. The summed E-state index contributed by atoms with van der Waals surface area (Å²) in [6.45, 7) is 2.30. The minimum Gasteiger partial charge on any atom is -0.480 e. The van der Waals surface area contributed by atoms with Crippen molar-refractivity contribution in [2.75, 3.05) is 19.7 Å². The molecule has 8 nitrogen and oxygen atoms in total. The molecule has 1 amide bonds. The van der Waals surface area contributed by atoms with Crippen molar-refractivity contribution < 1.29 is 24.2 Å². The van der Waals surface area contributed by atoms with Gasteiger partial charge in [-0.3, -0.25) is 19.7 Å². The zero-order valence-corrected chi connectivity index (χ0v) is 16.2. The molecule has 1 aliphatic heterocycles. The van der Waals surface area contributed by atoms with Crippen LogP contribution in [0.3, 0.4) is 0 Å². The summed E-state index contributed by atoms with van der Waals surface area (Å²) in [5.41, 5.74) is 5.54. The van der Waals surface area contributed by atoms with Crippen LogP contribution in [-0.2, 0) is 19.1 Å². The van der Waals surface area contributed by atoms with E-state index < -0.39 is 18.1 Å². The fourth-order valence-corrected chi connectivity index (χ4v) is 4.38. The highest BCUT2D eigenvalue weighted by molar-refractivity contribution is 5.87. The van der Waals surface area contributed by atoms with Gasteiger partial charge in [-0.25, -0.2) is 0 Å². The molecule has 0 aromatic rings. The van der Waals surface area contributed by atoms with E-state index in [4.69, 9.17) is 10.5 Å². The number of rotatable bonds is 10. The number of nitrogens with two attached hydrogens (primary N) is 1. The molecule has 1 unspecified atom stereocenters. The molecule has 0 bridgehead atoms. The van der Waals surface area contributed by atoms with Crippen LogP contribution in [0.1, 0.15) is 58.3 Å². The number of ether oxygens (including phenoxy) is 1. The lowest BCUT2D eigenvalue weighted by atomic mass is 9.97. The second-order valence-electron chi connectivity index (χ2n) is 7.50. The highest BCUT2D eigenvalue weighted by Gasteiger charge is 2.42. The third-order valence-corrected chi connectivity index (χ3v) is 5.65. The first-order valence-corrected chi connectivity index (χ1v) is 10.1. The molecule has 1 aliphatic carbocycles. The van der Waals surface area contributed by atoms with Crippen LogP contribution in [-0.4, -0.2) is 65.7 Å². The van der Waals surface area contributed by atoms with Crippen LogP contribution in [0, 0.1) is 5.92 Å². The summed E-state index contributed by atoms with van der Waals surface area (Å²) in [7, 11) is 0. The molecular formula is C19H33N3O5. The zero-order valence-electron chi connectivity index (χ0n) is 16.2. The quantitative estimate of drug-likeness (QED) is 0.378. The van der Waals surface area contributed by atoms with E-state index in [9.17, 15) is 19.5 Å². The smallest absolute Gasteiger partial charge is 0.323 e. The molecule has 2 rings (SSSR count). The van der Waals surface area contributed by atoms with E-state index in [-0.39, 0.29) is 31.1 Å². The molecule has 154 valence electrons. The summed E-state index contributed by atoms with van der Waals surface area (Å²) in [4.78, 5) is 38.3. The summed E-state index contributed by atoms with van der Waals surface area (Å²) in [5.74, 6) is -1.23. The second-order valence-corrected chi connectivity index (χ2v) is 7.50. The molecule has 1 saturated carbocycles. The van der Waals surface area contributed by atoms with Gasteiger partial charge in [-0.05, 0) is 57.9 Å². The van der Waals surface area contributed by atoms with E-state index >= 15 is 0 Å². The lowest BCUT2D eigenvalue weighted by molar-refractivity contribution is -0.149. The normalized spacial score (nSPS) is 26.4. The molecule has 0 spiro atoms. The molecule has 0 aromatic carbocycles. The minimum atomic E-state index is -1.00. The Labute approximate surface area is 160 Å². The molecule has 1 heterocycles. The molecule has 4 atom stereocenters. The Bertz CT molecular complexity index is 527. The zero-order chi connectivity index (χ0) is 19.8. The number of amides is 1. The molecule has 0 aromatic heterocycles. The first kappa shape index (κ1) is 21.6. The van der Waals surface area contributed by atoms with Crippen molar-refractivity contribution >= 4 is 17.8 Å². The lowest BCUT2D eigenvalue weighted by Gasteiger charge is -2.31. The van der Waals surface area contributed by atoms with Crippen molar-refractivity contribution in [3.05, 3.63) is 0 Å². The van der Waals surface area contributed by atoms with Crippen molar-refractivity contribution in [2.24, 2.45) is 11.7 Å². The molecule has 8 heteroatoms. The summed E-state index contributed by atoms with van der Waals surface area (Å²) in [6.07, 6.45) is 6.49. The number of carboxylic acid groups (broad SMARTS) is 1. The van der Waals surface area contributed by atoms with E-state index in [1.807, 2.05) is 0 Å². The van der Waals surface area contributed by atoms with Crippen molar-refractivity contribution in [2.45, 2.75) is 76.4 Å². The molecule has 2 aliphatic rings. The number of nitrogens with zero attached hydrogens (tertiary/aromatic N) is 1. The Balaban J connectivity index is 2.11. The Morgan fingerprint density at radius 1 is 1.30 bits per heavy atom. The van der Waals surface area contributed by atoms with Crippen LogP contribution in [0.5, 0.6) is 0 Å². The van der Waals surface area contributed by atoms with Crippen molar-refractivity contribution in [1.82, 2.24) is 10.2 Å². The number of unbranched alkanes of at least 4 members (excludes halogenated alkanes) is 1. The Morgan fingerprint density at radius 2 is 2.07 bits per heavy atom. The lowest BCUT2D eigenvalue weighted by Crippen LogP contribution is -2.54. The average Bonchev–Trinajstić information content (AvgIpc) is 3.05. The van der Waals surface area contributed by atoms with Crippen LogP contribution >= 0.6 is 0 Å². The summed E-state index contributed by atoms with van der Waals surface area (Å²) in [5, 5.41) is 12.4. The van der Waals surface area contributed by atoms with Crippen LogP contribution in [0.25, 0.3) is 0 Å². The fourth-order valence-electron chi connectivity index (χ4n) is 4.38. The molecule has 1 saturated heterocycles. The van der Waals surface area contributed by atoms with E-state index in [0.29, 0.717) is 25.3 Å². The third kappa shape index (κ3) is 5.90. The number of carboxylic acids is 1. The monoisotopic (exact) mass is 383 g/mol. The Morgan fingerprint density at radius 3 is 2.74 bits per heavy atom. The van der Waals surface area contributed by atoms with E-state index in [1.54, 1.807) is 6.92 Å². The van der Waals surface area contributed by atoms with Crippen LogP contribution in [0.4, 0.5) is 0 Å². The summed E-state index contributed by atoms with van der Waals surface area (Å²) >= 11 is 0. The van der Waals surface area contributed by atoms with Gasteiger partial charge in [0.05, 0.1) is 12.6 Å². The maximum absolute atomic E-state index is 13.1. The minimum absolute atomic E-state index is 0.00122. The summed E-state index contributed by atoms with van der Waals surface area (Å²) < 4.78 is 5.16. The van der Waals surface area contributed by atoms with Gasteiger partial charge < -0.3 is 20.5 Å². The SMILES string of the molecule is CCOC(=O)[C@H](CCCCN)N[C@H]1CCC2CCC[C@H]2N(CC(=O)O)C1=O. The number of carbonyl (C=O) groups excluding carboxylic acids is 2. The van der Waals surface area contributed by atoms with E-state index in [0.717, 1.165) is 38.5 Å². The molecule has 27 heavy (non-hydrogen) atoms. The van der Waals surface area contributed by atoms with Gasteiger partial charge in [-0.1, -0.05) is 12.8 Å². The highest BCUT2D eigenvalue weighted by atomic mass is 16.5. The van der Waals surface area contributed by atoms with E-state index in [2.05, 4.69) is 5.32 Å². The number of aliphatic carboxylic acids is 1. The van der Waals surface area contributed by atoms with Crippen molar-refractivity contribution in [3.8, 4) is 0 Å². The molecule has 2 fully saturated rings. The van der Waals surface area contributed by atoms with Gasteiger partial charge in [0.1, 0.15) is 12.6 Å². The van der Waals surface area contributed by atoms with Gasteiger partial charge in [0.2, 0.25) is 5.91 Å². The van der Waals surface area contributed by atoms with Gasteiger partial charge in [-0.15, -0.1) is 0 Å². The van der Waals surface area contributed by atoms with Gasteiger partial charge in [0, 0.05) is 6.04 Å². The molecular weight excluding hydrogens is 350 g/mol. The number of likely N-dealkylation sites (tertiary alicyclic amines) is 1. The molecule has 0 radical (unpaired) electrons. The molecule has 4 N–H and O–H groups in total. The Hall–Kier alpha value is -1.67. The Kier molecular flexibility index (Phi) is 8.50. The topological polar surface area (TPSA) is 122 Å². The summed E-state index contributed by atoms with van der Waals surface area (Å²) in [6, 6.07) is -1.13. The van der Waals surface area contributed by atoms with Gasteiger partial charge in [0.25, 0.3) is 0 Å². The number of carbonyl (C=O) groups is 3. The highest BCUT2D eigenvalue weighted by Crippen LogP contribution is 2.36. The number of fused-ring (bicyclic) bond motifs is 1. The van der Waals surface area contributed by atoms with Crippen LogP contribution in [0.15, 0.2) is 0 Å². The standard InChI is InChI=1S/C19H33N3O5/c1-2-27-19(26)15(7-3-4-11-20)21-14-10-9-13-6-5-8-16(13)22(18(14)25)12-17(23)24/h13-16,21H,2-12,20H2,1H3,(H,23,24)/t13?,14-,15-,16+/m0/s1. The van der Waals surface area contributed by atoms with Gasteiger partial charge in [-0.2, -0.15) is 0 Å². The van der Waals surface area contributed by atoms with Crippen LogP contribution in [0.2, 0.25) is 0 Å². The number of nitrogens with one attached hydrogen (secondary N) is 1. The van der Waals surface area contributed by atoms with Crippen molar-refractivity contribution in [3.63, 3.8) is 0 Å². The number of hydrogen-bond acceptors (Lipinski definition) is 6. The maximum atomic E-state index is 13.1. The van der Waals surface area contributed by atoms with E-state index in [1.165, 1.54) is 4.90 Å². The van der Waals surface area contributed by atoms with Gasteiger partial charge in [0.15, 0.2) is 0 Å². The maximum Gasteiger partial charge on any atom is 0.323 e. The third-order valence-electron chi connectivity index (χ3n) is 5.65. The fraction of sp³-hybridized carbons (Fsp3) is 0.842. The first-order valence-electron chi connectivity index (χ1n) is 10.1. The second kappa shape index (κ2) is 10.6.